The van der Waals surface area contributed by atoms with Crippen molar-refractivity contribution >= 4 is 23.5 Å². The molecule has 0 aliphatic carbocycles. The van der Waals surface area contributed by atoms with Crippen LogP contribution in [0.3, 0.4) is 0 Å². The number of methoxy groups -OCH3 is 1. The van der Waals surface area contributed by atoms with Crippen LogP contribution < -0.4 is 14.9 Å². The largest absolute Gasteiger partial charge is 0.493 e. The van der Waals surface area contributed by atoms with Crippen molar-refractivity contribution in [3.63, 3.8) is 0 Å². The lowest BCUT2D eigenvalue weighted by atomic mass is 10.1. The number of carbonyl (C=O) groups excluding carboxylic acids is 1. The number of hydrogen-bond acceptors (Lipinski definition) is 6. The molecular weight excluding hydrogens is 424 g/mol. The van der Waals surface area contributed by atoms with Crippen LogP contribution in [0.15, 0.2) is 71.1 Å². The molecule has 2 aromatic carbocycles. The Labute approximate surface area is 189 Å². The Kier molecular flexibility index (Phi) is 6.62. The Balaban J connectivity index is 1.42. The number of benzene rings is 2. The lowest BCUT2D eigenvalue weighted by Gasteiger charge is -2.12. The Morgan fingerprint density at radius 3 is 2.75 bits per heavy atom. The standard InChI is InChI=1S/C24H22N4O3S/c1-16-5-7-17(8-6-16)15-31-22-10-9-18(12-23(22)30-2)20-13-21(27-26-20)24(29)28-25-14-19-4-3-11-32-19/h3-14H,15H2,1-2H3,(H,26,27)(H,28,29)/b25-14-. The second-order valence-corrected chi connectivity index (χ2v) is 8.00. The number of rotatable bonds is 8. The number of nitrogens with one attached hydrogen (secondary N) is 2. The fourth-order valence-electron chi connectivity index (χ4n) is 2.96. The van der Waals surface area contributed by atoms with Gasteiger partial charge in [0.05, 0.1) is 19.0 Å². The van der Waals surface area contributed by atoms with Crippen LogP contribution in [-0.2, 0) is 6.61 Å². The number of aromatic nitrogens is 2. The Hall–Kier alpha value is -3.91. The highest BCUT2D eigenvalue weighted by molar-refractivity contribution is 7.11. The van der Waals surface area contributed by atoms with Crippen LogP contribution in [0.4, 0.5) is 0 Å². The molecule has 8 heteroatoms. The maximum absolute atomic E-state index is 12.3. The van der Waals surface area contributed by atoms with Crippen LogP contribution in [0, 0.1) is 6.92 Å². The molecule has 2 aromatic heterocycles. The van der Waals surface area contributed by atoms with Crippen molar-refractivity contribution in [1.82, 2.24) is 15.6 Å². The first-order chi connectivity index (χ1) is 15.6. The Bertz CT molecular complexity index is 1210. The van der Waals surface area contributed by atoms with Crippen LogP contribution in [0.1, 0.15) is 26.5 Å². The van der Waals surface area contributed by atoms with Crippen molar-refractivity contribution in [2.75, 3.05) is 7.11 Å². The topological polar surface area (TPSA) is 88.6 Å². The van der Waals surface area contributed by atoms with E-state index in [1.165, 1.54) is 16.9 Å². The molecule has 162 valence electrons. The number of hydrazone groups is 1. The summed E-state index contributed by atoms with van der Waals surface area (Å²) >= 11 is 1.54. The van der Waals surface area contributed by atoms with Crippen LogP contribution in [0.25, 0.3) is 11.3 Å². The van der Waals surface area contributed by atoms with Crippen molar-refractivity contribution in [2.45, 2.75) is 13.5 Å². The van der Waals surface area contributed by atoms with Crippen molar-refractivity contribution in [3.05, 3.63) is 87.7 Å². The van der Waals surface area contributed by atoms with E-state index in [9.17, 15) is 4.79 Å². The number of carbonyl (C=O) groups is 1. The van der Waals surface area contributed by atoms with Crippen molar-refractivity contribution in [2.24, 2.45) is 5.10 Å². The molecule has 2 N–H and O–H groups in total. The Morgan fingerprint density at radius 2 is 2.00 bits per heavy atom. The summed E-state index contributed by atoms with van der Waals surface area (Å²) in [6.07, 6.45) is 1.60. The summed E-state index contributed by atoms with van der Waals surface area (Å²) in [6, 6.07) is 19.2. The summed E-state index contributed by atoms with van der Waals surface area (Å²) in [5, 5.41) is 12.9. The molecule has 0 saturated heterocycles. The third kappa shape index (κ3) is 5.22. The normalized spacial score (nSPS) is 10.9. The Morgan fingerprint density at radius 1 is 1.16 bits per heavy atom. The molecule has 1 amide bonds. The van der Waals surface area contributed by atoms with E-state index < -0.39 is 0 Å². The van der Waals surface area contributed by atoms with E-state index >= 15 is 0 Å². The molecule has 0 radical (unpaired) electrons. The number of amides is 1. The van der Waals surface area contributed by atoms with Crippen molar-refractivity contribution < 1.29 is 14.3 Å². The maximum Gasteiger partial charge on any atom is 0.289 e. The minimum atomic E-state index is -0.374. The van der Waals surface area contributed by atoms with Gasteiger partial charge in [-0.15, -0.1) is 11.3 Å². The second-order valence-electron chi connectivity index (χ2n) is 7.02. The molecule has 0 aliphatic heterocycles. The quantitative estimate of drug-likeness (QED) is 0.301. The summed E-state index contributed by atoms with van der Waals surface area (Å²) in [4.78, 5) is 13.2. The fraction of sp³-hybridized carbons (Fsp3) is 0.125. The lowest BCUT2D eigenvalue weighted by molar-refractivity contribution is 0.0950. The van der Waals surface area contributed by atoms with Gasteiger partial charge in [0.15, 0.2) is 11.5 Å². The zero-order chi connectivity index (χ0) is 22.3. The van der Waals surface area contributed by atoms with Gasteiger partial charge in [-0.3, -0.25) is 9.89 Å². The van der Waals surface area contributed by atoms with Gasteiger partial charge >= 0.3 is 0 Å². The molecule has 4 rings (SSSR count). The van der Waals surface area contributed by atoms with Gasteiger partial charge in [0.1, 0.15) is 12.3 Å². The number of nitrogens with zero attached hydrogens (tertiary/aromatic N) is 2. The molecule has 0 unspecified atom stereocenters. The second kappa shape index (κ2) is 9.93. The zero-order valence-electron chi connectivity index (χ0n) is 17.7. The molecule has 0 bridgehead atoms. The minimum Gasteiger partial charge on any atom is -0.493 e. The molecule has 0 fully saturated rings. The lowest BCUT2D eigenvalue weighted by Crippen LogP contribution is -2.17. The zero-order valence-corrected chi connectivity index (χ0v) is 18.5. The number of aryl methyl sites for hydroxylation is 1. The van der Waals surface area contributed by atoms with E-state index in [0.29, 0.717) is 29.5 Å². The number of H-pyrrole nitrogens is 1. The van der Waals surface area contributed by atoms with Gasteiger partial charge < -0.3 is 9.47 Å². The highest BCUT2D eigenvalue weighted by Crippen LogP contribution is 2.32. The average molecular weight is 447 g/mol. The first-order valence-corrected chi connectivity index (χ1v) is 10.8. The molecule has 32 heavy (non-hydrogen) atoms. The maximum atomic E-state index is 12.3. The van der Waals surface area contributed by atoms with E-state index in [1.54, 1.807) is 19.4 Å². The molecule has 7 nitrogen and oxygen atoms in total. The highest BCUT2D eigenvalue weighted by atomic mass is 32.1. The first-order valence-electron chi connectivity index (χ1n) is 9.91. The summed E-state index contributed by atoms with van der Waals surface area (Å²) < 4.78 is 11.4. The van der Waals surface area contributed by atoms with Gasteiger partial charge in [0, 0.05) is 10.4 Å². The van der Waals surface area contributed by atoms with E-state index in [4.69, 9.17) is 9.47 Å². The van der Waals surface area contributed by atoms with Gasteiger partial charge in [0.25, 0.3) is 5.91 Å². The molecule has 0 saturated carbocycles. The summed E-state index contributed by atoms with van der Waals surface area (Å²) in [6.45, 7) is 2.49. The van der Waals surface area contributed by atoms with Gasteiger partial charge in [-0.25, -0.2) is 5.43 Å². The van der Waals surface area contributed by atoms with Crippen LogP contribution >= 0.6 is 11.3 Å². The minimum absolute atomic E-state index is 0.307. The molecule has 0 atom stereocenters. The molecule has 4 aromatic rings. The predicted octanol–water partition coefficient (Wildman–Crippen LogP) is 4.80. The number of ether oxygens (including phenoxy) is 2. The molecule has 0 aliphatic rings. The summed E-state index contributed by atoms with van der Waals surface area (Å²) in [5.74, 6) is 0.846. The van der Waals surface area contributed by atoms with Gasteiger partial charge in [-0.1, -0.05) is 35.9 Å². The van der Waals surface area contributed by atoms with E-state index in [0.717, 1.165) is 16.0 Å². The average Bonchev–Trinajstić information content (AvgIpc) is 3.51. The molecule has 0 spiro atoms. The number of hydrogen-bond donors (Lipinski definition) is 2. The van der Waals surface area contributed by atoms with Crippen molar-refractivity contribution in [3.8, 4) is 22.8 Å². The first kappa shape index (κ1) is 21.3. The SMILES string of the molecule is COc1cc(-c2cc(C(=O)N/N=C\c3cccs3)[nH]n2)ccc1OCc1ccc(C)cc1. The van der Waals surface area contributed by atoms with Gasteiger partial charge in [-0.2, -0.15) is 10.2 Å². The van der Waals surface area contributed by atoms with Gasteiger partial charge in [-0.05, 0) is 48.2 Å². The van der Waals surface area contributed by atoms with E-state index in [2.05, 4.69) is 39.8 Å². The fourth-order valence-corrected chi connectivity index (χ4v) is 3.54. The monoisotopic (exact) mass is 446 g/mol. The van der Waals surface area contributed by atoms with E-state index in [1.807, 2.05) is 47.8 Å². The van der Waals surface area contributed by atoms with Crippen LogP contribution in [-0.4, -0.2) is 29.4 Å². The van der Waals surface area contributed by atoms with Crippen LogP contribution in [0.5, 0.6) is 11.5 Å². The summed E-state index contributed by atoms with van der Waals surface area (Å²) in [5.41, 5.74) is 6.48. The number of aromatic amines is 1. The number of thiophene rings is 1. The van der Waals surface area contributed by atoms with Crippen LogP contribution in [0.2, 0.25) is 0 Å². The van der Waals surface area contributed by atoms with Gasteiger partial charge in [0.2, 0.25) is 0 Å². The highest BCUT2D eigenvalue weighted by Gasteiger charge is 2.13. The van der Waals surface area contributed by atoms with Crippen molar-refractivity contribution in [1.29, 1.82) is 0 Å². The third-order valence-corrected chi connectivity index (χ3v) is 5.50. The molecular formula is C24H22N4O3S. The smallest absolute Gasteiger partial charge is 0.289 e. The predicted molar refractivity (Wildman–Crippen MR) is 125 cm³/mol. The third-order valence-electron chi connectivity index (χ3n) is 4.70. The summed E-state index contributed by atoms with van der Waals surface area (Å²) in [7, 11) is 1.59. The van der Waals surface area contributed by atoms with E-state index in [-0.39, 0.29) is 5.91 Å². The molecule has 2 heterocycles.